The normalized spacial score (nSPS) is 42.7. The second kappa shape index (κ2) is 2.30. The van der Waals surface area contributed by atoms with Crippen molar-refractivity contribution in [3.05, 3.63) is 0 Å². The first kappa shape index (κ1) is 5.72. The molecular formula is C8H14O. The molecule has 2 rings (SSSR count). The molecule has 0 spiro atoms. The molecule has 0 aromatic carbocycles. The van der Waals surface area contributed by atoms with E-state index in [0.29, 0.717) is 6.10 Å². The smallest absolute Gasteiger partial charge is 0.0604 e. The zero-order valence-corrected chi connectivity index (χ0v) is 5.81. The molecule has 0 aromatic rings. The van der Waals surface area contributed by atoms with Crippen LogP contribution in [0.5, 0.6) is 0 Å². The van der Waals surface area contributed by atoms with Crippen molar-refractivity contribution in [2.75, 3.05) is 6.61 Å². The maximum absolute atomic E-state index is 5.56. The lowest BCUT2D eigenvalue weighted by molar-refractivity contribution is 0.0663. The van der Waals surface area contributed by atoms with Gasteiger partial charge in [0.2, 0.25) is 0 Å². The van der Waals surface area contributed by atoms with Crippen LogP contribution in [0.25, 0.3) is 0 Å². The van der Waals surface area contributed by atoms with Gasteiger partial charge in [-0.2, -0.15) is 0 Å². The van der Waals surface area contributed by atoms with Crippen LogP contribution in [0.1, 0.15) is 32.1 Å². The molecule has 2 atom stereocenters. The zero-order chi connectivity index (χ0) is 6.10. The van der Waals surface area contributed by atoms with Crippen LogP contribution in [-0.2, 0) is 4.74 Å². The molecule has 0 unspecified atom stereocenters. The first-order valence-electron chi connectivity index (χ1n) is 4.08. The van der Waals surface area contributed by atoms with Crippen molar-refractivity contribution < 1.29 is 4.74 Å². The summed E-state index contributed by atoms with van der Waals surface area (Å²) in [7, 11) is 0. The third kappa shape index (κ3) is 0.983. The first-order valence-corrected chi connectivity index (χ1v) is 4.08. The zero-order valence-electron chi connectivity index (χ0n) is 5.81. The van der Waals surface area contributed by atoms with E-state index in [1.54, 1.807) is 0 Å². The topological polar surface area (TPSA) is 9.23 Å². The average Bonchev–Trinajstić information content (AvgIpc) is 2.33. The van der Waals surface area contributed by atoms with Gasteiger partial charge in [0, 0.05) is 6.61 Å². The molecule has 0 radical (unpaired) electrons. The van der Waals surface area contributed by atoms with Crippen molar-refractivity contribution in [1.82, 2.24) is 0 Å². The Morgan fingerprint density at radius 1 is 1.00 bits per heavy atom. The molecule has 1 heterocycles. The number of fused-ring (bicyclic) bond motifs is 1. The van der Waals surface area contributed by atoms with Crippen molar-refractivity contribution in [2.45, 2.75) is 38.2 Å². The van der Waals surface area contributed by atoms with E-state index in [1.807, 2.05) is 0 Å². The Morgan fingerprint density at radius 3 is 2.78 bits per heavy atom. The Kier molecular flexibility index (Phi) is 1.46. The Bertz CT molecular complexity index is 88.7. The van der Waals surface area contributed by atoms with Crippen LogP contribution >= 0.6 is 0 Å². The van der Waals surface area contributed by atoms with Crippen molar-refractivity contribution in [3.63, 3.8) is 0 Å². The van der Waals surface area contributed by atoms with E-state index >= 15 is 0 Å². The molecule has 0 aromatic heterocycles. The molecule has 9 heavy (non-hydrogen) atoms. The summed E-state index contributed by atoms with van der Waals surface area (Å²) in [6.07, 6.45) is 7.63. The molecule has 1 aliphatic carbocycles. The summed E-state index contributed by atoms with van der Waals surface area (Å²) < 4.78 is 5.56. The van der Waals surface area contributed by atoms with Gasteiger partial charge in [0.1, 0.15) is 0 Å². The van der Waals surface area contributed by atoms with Gasteiger partial charge in [-0.3, -0.25) is 0 Å². The fraction of sp³-hybridized carbons (Fsp3) is 1.00. The lowest BCUT2D eigenvalue weighted by Gasteiger charge is -2.22. The van der Waals surface area contributed by atoms with Gasteiger partial charge in [-0.1, -0.05) is 12.8 Å². The number of rotatable bonds is 0. The number of hydrogen-bond acceptors (Lipinski definition) is 1. The van der Waals surface area contributed by atoms with Gasteiger partial charge in [0.15, 0.2) is 0 Å². The lowest BCUT2D eigenvalue weighted by Crippen LogP contribution is -2.19. The quantitative estimate of drug-likeness (QED) is 0.482. The van der Waals surface area contributed by atoms with Gasteiger partial charge in [-0.05, 0) is 25.2 Å². The second-order valence-electron chi connectivity index (χ2n) is 3.24. The van der Waals surface area contributed by atoms with Gasteiger partial charge in [0.05, 0.1) is 6.10 Å². The first-order chi connectivity index (χ1) is 4.47. The van der Waals surface area contributed by atoms with E-state index in [1.165, 1.54) is 32.1 Å². The molecular weight excluding hydrogens is 112 g/mol. The van der Waals surface area contributed by atoms with E-state index in [2.05, 4.69) is 0 Å². The third-order valence-electron chi connectivity index (χ3n) is 2.66. The van der Waals surface area contributed by atoms with E-state index in [-0.39, 0.29) is 0 Å². The molecule has 0 amide bonds. The van der Waals surface area contributed by atoms with Gasteiger partial charge in [-0.15, -0.1) is 0 Å². The summed E-state index contributed by atoms with van der Waals surface area (Å²) in [4.78, 5) is 0. The molecule has 2 aliphatic rings. The van der Waals surface area contributed by atoms with Crippen LogP contribution in [0, 0.1) is 5.92 Å². The monoisotopic (exact) mass is 126 g/mol. The number of ether oxygens (including phenoxy) is 1. The van der Waals surface area contributed by atoms with Crippen LogP contribution in [-0.4, -0.2) is 12.7 Å². The van der Waals surface area contributed by atoms with Gasteiger partial charge in [0.25, 0.3) is 0 Å². The SMILES string of the molecule is C1CC[C@@H]2OCC[C@H]2C1. The largest absolute Gasteiger partial charge is 0.378 e. The highest BCUT2D eigenvalue weighted by atomic mass is 16.5. The fourth-order valence-corrected chi connectivity index (χ4v) is 2.09. The molecule has 1 aliphatic heterocycles. The fourth-order valence-electron chi connectivity index (χ4n) is 2.09. The van der Waals surface area contributed by atoms with Crippen molar-refractivity contribution in [3.8, 4) is 0 Å². The molecule has 1 saturated carbocycles. The maximum Gasteiger partial charge on any atom is 0.0604 e. The summed E-state index contributed by atoms with van der Waals surface area (Å²) >= 11 is 0. The van der Waals surface area contributed by atoms with E-state index in [9.17, 15) is 0 Å². The van der Waals surface area contributed by atoms with Gasteiger partial charge < -0.3 is 4.74 Å². The molecule has 0 N–H and O–H groups in total. The predicted molar refractivity (Wildman–Crippen MR) is 36.3 cm³/mol. The van der Waals surface area contributed by atoms with Crippen LogP contribution < -0.4 is 0 Å². The maximum atomic E-state index is 5.56. The minimum absolute atomic E-state index is 0.666. The van der Waals surface area contributed by atoms with E-state index in [0.717, 1.165) is 12.5 Å². The Morgan fingerprint density at radius 2 is 1.89 bits per heavy atom. The minimum atomic E-state index is 0.666. The summed E-state index contributed by atoms with van der Waals surface area (Å²) in [6.45, 7) is 1.04. The van der Waals surface area contributed by atoms with Crippen molar-refractivity contribution in [2.24, 2.45) is 5.92 Å². The highest BCUT2D eigenvalue weighted by Crippen LogP contribution is 2.33. The molecule has 1 heteroatoms. The van der Waals surface area contributed by atoms with Crippen molar-refractivity contribution >= 4 is 0 Å². The van der Waals surface area contributed by atoms with Crippen LogP contribution in [0.3, 0.4) is 0 Å². The van der Waals surface area contributed by atoms with Crippen LogP contribution in [0.15, 0.2) is 0 Å². The van der Waals surface area contributed by atoms with Crippen LogP contribution in [0.2, 0.25) is 0 Å². The Labute approximate surface area is 56.4 Å². The summed E-state index contributed by atoms with van der Waals surface area (Å²) in [5.74, 6) is 0.943. The average molecular weight is 126 g/mol. The lowest BCUT2D eigenvalue weighted by atomic mass is 9.86. The molecule has 0 bridgehead atoms. The summed E-state index contributed by atoms with van der Waals surface area (Å²) in [5, 5.41) is 0. The molecule has 1 nitrogen and oxygen atoms in total. The Hall–Kier alpha value is -0.0400. The van der Waals surface area contributed by atoms with Crippen LogP contribution in [0.4, 0.5) is 0 Å². The Balaban J connectivity index is 1.97. The van der Waals surface area contributed by atoms with E-state index in [4.69, 9.17) is 4.74 Å². The number of hydrogen-bond donors (Lipinski definition) is 0. The highest BCUT2D eigenvalue weighted by molar-refractivity contribution is 4.79. The van der Waals surface area contributed by atoms with E-state index < -0.39 is 0 Å². The summed E-state index contributed by atoms with van der Waals surface area (Å²) in [5.41, 5.74) is 0. The predicted octanol–water partition coefficient (Wildman–Crippen LogP) is 1.97. The minimum Gasteiger partial charge on any atom is -0.378 e. The molecule has 2 fully saturated rings. The van der Waals surface area contributed by atoms with Gasteiger partial charge >= 0.3 is 0 Å². The second-order valence-corrected chi connectivity index (χ2v) is 3.24. The third-order valence-corrected chi connectivity index (χ3v) is 2.66. The standard InChI is InChI=1S/C8H14O/c1-2-4-8-7(3-1)5-6-9-8/h7-8H,1-6H2/t7-,8+/m1/s1. The highest BCUT2D eigenvalue weighted by Gasteiger charge is 2.29. The summed E-state index contributed by atoms with van der Waals surface area (Å²) in [6, 6.07) is 0. The molecule has 1 saturated heterocycles. The van der Waals surface area contributed by atoms with Gasteiger partial charge in [-0.25, -0.2) is 0 Å². The molecule has 52 valence electrons. The van der Waals surface area contributed by atoms with Crippen molar-refractivity contribution in [1.29, 1.82) is 0 Å².